The molecule has 1 aliphatic carbocycles. The Hall–Kier alpha value is -1.72. The third kappa shape index (κ3) is 2.46. The van der Waals surface area contributed by atoms with Gasteiger partial charge in [-0.15, -0.1) is 11.3 Å². The number of aromatic nitrogens is 1. The van der Waals surface area contributed by atoms with E-state index < -0.39 is 5.54 Å². The Morgan fingerprint density at radius 1 is 1.30 bits per heavy atom. The number of hydrogen-bond donors (Lipinski definition) is 2. The Balaban J connectivity index is 1.83. The lowest BCUT2D eigenvalue weighted by molar-refractivity contribution is -0.118. The Bertz CT molecular complexity index is 656. The fourth-order valence-electron chi connectivity index (χ4n) is 2.01. The monoisotopic (exact) mass is 287 g/mol. The average molecular weight is 287 g/mol. The summed E-state index contributed by atoms with van der Waals surface area (Å²) in [6.45, 7) is 4.07. The van der Waals surface area contributed by atoms with E-state index in [1.165, 1.54) is 16.9 Å². The zero-order valence-corrected chi connectivity index (χ0v) is 12.4. The number of nitrogens with one attached hydrogen (secondary N) is 1. The summed E-state index contributed by atoms with van der Waals surface area (Å²) in [5.41, 5.74) is 8.42. The van der Waals surface area contributed by atoms with E-state index >= 15 is 0 Å². The molecule has 1 aromatic carbocycles. The van der Waals surface area contributed by atoms with Gasteiger partial charge in [0.15, 0.2) is 5.13 Å². The number of hydrogen-bond acceptors (Lipinski definition) is 4. The normalized spacial score (nSPS) is 15.9. The molecule has 2 aromatic rings. The van der Waals surface area contributed by atoms with Gasteiger partial charge in [-0.25, -0.2) is 4.98 Å². The SMILES string of the molecule is Cc1ccc(-c2nc(NC(=O)C3(N)CC3)sc2C)cc1. The zero-order valence-electron chi connectivity index (χ0n) is 11.6. The van der Waals surface area contributed by atoms with Crippen molar-refractivity contribution in [2.45, 2.75) is 32.2 Å². The minimum Gasteiger partial charge on any atom is -0.317 e. The van der Waals surface area contributed by atoms with E-state index in [4.69, 9.17) is 5.73 Å². The molecule has 3 rings (SSSR count). The summed E-state index contributed by atoms with van der Waals surface area (Å²) in [5, 5.41) is 3.46. The van der Waals surface area contributed by atoms with Crippen LogP contribution in [0, 0.1) is 13.8 Å². The van der Waals surface area contributed by atoms with Crippen molar-refractivity contribution in [3.63, 3.8) is 0 Å². The first-order chi connectivity index (χ1) is 9.48. The largest absolute Gasteiger partial charge is 0.317 e. The molecule has 0 atom stereocenters. The van der Waals surface area contributed by atoms with Crippen LogP contribution >= 0.6 is 11.3 Å². The number of anilines is 1. The number of rotatable bonds is 3. The topological polar surface area (TPSA) is 68.0 Å². The van der Waals surface area contributed by atoms with Gasteiger partial charge in [-0.3, -0.25) is 4.79 Å². The van der Waals surface area contributed by atoms with Crippen molar-refractivity contribution >= 4 is 22.4 Å². The standard InChI is InChI=1S/C15H17N3OS/c1-9-3-5-11(6-4-9)12-10(2)20-14(17-12)18-13(19)15(16)7-8-15/h3-6H,7-8,16H2,1-2H3,(H,17,18,19). The van der Waals surface area contributed by atoms with Gasteiger partial charge in [-0.1, -0.05) is 29.8 Å². The molecule has 0 spiro atoms. The fourth-order valence-corrected chi connectivity index (χ4v) is 2.84. The molecule has 0 radical (unpaired) electrons. The highest BCUT2D eigenvalue weighted by molar-refractivity contribution is 7.16. The smallest absolute Gasteiger partial charge is 0.246 e. The van der Waals surface area contributed by atoms with E-state index in [9.17, 15) is 4.79 Å². The van der Waals surface area contributed by atoms with Crippen LogP contribution in [-0.4, -0.2) is 16.4 Å². The summed E-state index contributed by atoms with van der Waals surface area (Å²) in [6.07, 6.45) is 1.52. The summed E-state index contributed by atoms with van der Waals surface area (Å²) < 4.78 is 0. The van der Waals surface area contributed by atoms with E-state index in [2.05, 4.69) is 29.4 Å². The summed E-state index contributed by atoms with van der Waals surface area (Å²) >= 11 is 1.49. The van der Waals surface area contributed by atoms with Crippen molar-refractivity contribution in [3.8, 4) is 11.3 Å². The molecule has 1 aromatic heterocycles. The first kappa shape index (κ1) is 13.3. The molecule has 3 N–H and O–H groups in total. The zero-order chi connectivity index (χ0) is 14.3. The number of carbonyl (C=O) groups excluding carboxylic acids is 1. The van der Waals surface area contributed by atoms with Gasteiger partial charge in [-0.2, -0.15) is 0 Å². The molecule has 1 fully saturated rings. The van der Waals surface area contributed by atoms with Gasteiger partial charge in [0, 0.05) is 10.4 Å². The lowest BCUT2D eigenvalue weighted by Gasteiger charge is -2.06. The number of nitrogens with two attached hydrogens (primary N) is 1. The van der Waals surface area contributed by atoms with E-state index in [0.29, 0.717) is 5.13 Å². The molecule has 4 nitrogen and oxygen atoms in total. The molecule has 20 heavy (non-hydrogen) atoms. The molecular weight excluding hydrogens is 270 g/mol. The van der Waals surface area contributed by atoms with Gasteiger partial charge in [0.25, 0.3) is 0 Å². The van der Waals surface area contributed by atoms with E-state index in [0.717, 1.165) is 29.0 Å². The lowest BCUT2D eigenvalue weighted by Crippen LogP contribution is -2.37. The highest BCUT2D eigenvalue weighted by Gasteiger charge is 2.46. The Morgan fingerprint density at radius 2 is 1.95 bits per heavy atom. The number of aryl methyl sites for hydroxylation is 2. The summed E-state index contributed by atoms with van der Waals surface area (Å²) in [4.78, 5) is 17.5. The number of thiazole rings is 1. The van der Waals surface area contributed by atoms with Gasteiger partial charge in [0.05, 0.1) is 11.2 Å². The molecule has 5 heteroatoms. The Kier molecular flexibility index (Phi) is 3.11. The van der Waals surface area contributed by atoms with Gasteiger partial charge in [0.1, 0.15) is 0 Å². The van der Waals surface area contributed by atoms with Crippen molar-refractivity contribution in [1.29, 1.82) is 0 Å². The summed E-state index contributed by atoms with van der Waals surface area (Å²) in [6, 6.07) is 8.22. The lowest BCUT2D eigenvalue weighted by atomic mass is 10.1. The maximum atomic E-state index is 11.9. The molecule has 0 aliphatic heterocycles. The molecule has 0 unspecified atom stereocenters. The first-order valence-corrected chi connectivity index (χ1v) is 7.44. The minimum atomic E-state index is -0.663. The van der Waals surface area contributed by atoms with E-state index in [1.54, 1.807) is 0 Å². The van der Waals surface area contributed by atoms with Crippen LogP contribution < -0.4 is 11.1 Å². The van der Waals surface area contributed by atoms with Gasteiger partial charge in [-0.05, 0) is 26.7 Å². The summed E-state index contributed by atoms with van der Waals surface area (Å²) in [7, 11) is 0. The van der Waals surface area contributed by atoms with Crippen LogP contribution in [0.1, 0.15) is 23.3 Å². The van der Waals surface area contributed by atoms with Crippen LogP contribution in [-0.2, 0) is 4.79 Å². The molecular formula is C15H17N3OS. The van der Waals surface area contributed by atoms with E-state index in [1.807, 2.05) is 19.1 Å². The van der Waals surface area contributed by atoms with Crippen LogP contribution in [0.3, 0.4) is 0 Å². The second kappa shape index (κ2) is 4.68. The van der Waals surface area contributed by atoms with Crippen molar-refractivity contribution in [3.05, 3.63) is 34.7 Å². The van der Waals surface area contributed by atoms with E-state index in [-0.39, 0.29) is 5.91 Å². The van der Waals surface area contributed by atoms with Gasteiger partial charge in [0.2, 0.25) is 5.91 Å². The van der Waals surface area contributed by atoms with Crippen LogP contribution in [0.4, 0.5) is 5.13 Å². The van der Waals surface area contributed by atoms with Crippen molar-refractivity contribution < 1.29 is 4.79 Å². The van der Waals surface area contributed by atoms with Crippen LogP contribution in [0.5, 0.6) is 0 Å². The van der Waals surface area contributed by atoms with Gasteiger partial charge >= 0.3 is 0 Å². The average Bonchev–Trinajstić information content (AvgIpc) is 3.06. The maximum absolute atomic E-state index is 11.9. The fraction of sp³-hybridized carbons (Fsp3) is 0.333. The Morgan fingerprint density at radius 3 is 2.55 bits per heavy atom. The number of carbonyl (C=O) groups is 1. The highest BCUT2D eigenvalue weighted by Crippen LogP contribution is 2.35. The van der Waals surface area contributed by atoms with Crippen molar-refractivity contribution in [1.82, 2.24) is 4.98 Å². The summed E-state index contributed by atoms with van der Waals surface area (Å²) in [5.74, 6) is -0.123. The molecule has 0 saturated heterocycles. The van der Waals surface area contributed by atoms with Crippen LogP contribution in [0.15, 0.2) is 24.3 Å². The quantitative estimate of drug-likeness (QED) is 0.912. The molecule has 1 saturated carbocycles. The molecule has 1 amide bonds. The third-order valence-corrected chi connectivity index (χ3v) is 4.47. The predicted octanol–water partition coefficient (Wildman–Crippen LogP) is 2.86. The third-order valence-electron chi connectivity index (χ3n) is 3.58. The molecule has 0 bridgehead atoms. The Labute approximate surface area is 122 Å². The maximum Gasteiger partial charge on any atom is 0.246 e. The van der Waals surface area contributed by atoms with Gasteiger partial charge < -0.3 is 11.1 Å². The number of nitrogens with zero attached hydrogens (tertiary/aromatic N) is 1. The van der Waals surface area contributed by atoms with Crippen molar-refractivity contribution in [2.75, 3.05) is 5.32 Å². The highest BCUT2D eigenvalue weighted by atomic mass is 32.1. The molecule has 1 aliphatic rings. The van der Waals surface area contributed by atoms with Crippen molar-refractivity contribution in [2.24, 2.45) is 5.73 Å². The van der Waals surface area contributed by atoms with Crippen LogP contribution in [0.2, 0.25) is 0 Å². The van der Waals surface area contributed by atoms with Crippen LogP contribution in [0.25, 0.3) is 11.3 Å². The first-order valence-electron chi connectivity index (χ1n) is 6.63. The molecule has 104 valence electrons. The second-order valence-electron chi connectivity index (χ2n) is 5.40. The predicted molar refractivity (Wildman–Crippen MR) is 81.8 cm³/mol. The second-order valence-corrected chi connectivity index (χ2v) is 6.60. The number of benzene rings is 1. The minimum absolute atomic E-state index is 0.123. The molecule has 1 heterocycles. The number of amides is 1.